The first-order valence-electron chi connectivity index (χ1n) is 8.19. The van der Waals surface area contributed by atoms with Gasteiger partial charge in [0, 0.05) is 0 Å². The van der Waals surface area contributed by atoms with Crippen LogP contribution in [-0.2, 0) is 35.3 Å². The summed E-state index contributed by atoms with van der Waals surface area (Å²) in [5.41, 5.74) is 2.79. The molecular weight excluding hydrogens is 340 g/mol. The number of ether oxygens (including phenoxy) is 2. The van der Waals surface area contributed by atoms with Crippen LogP contribution in [0.1, 0.15) is 32.8 Å². The van der Waals surface area contributed by atoms with Crippen LogP contribution >= 0.6 is 0 Å². The summed E-state index contributed by atoms with van der Waals surface area (Å²) in [4.78, 5) is 40.7. The number of hydrogen-bond acceptors (Lipinski definition) is 7. The smallest absolute Gasteiger partial charge is 0.325 e. The molecule has 0 fully saturated rings. The summed E-state index contributed by atoms with van der Waals surface area (Å²) >= 11 is 0. The second kappa shape index (κ2) is 10.5. The van der Waals surface area contributed by atoms with E-state index in [9.17, 15) is 14.4 Å². The van der Waals surface area contributed by atoms with Crippen molar-refractivity contribution < 1.29 is 28.7 Å². The molecule has 0 heterocycles. The molecule has 1 atom stereocenters. The highest BCUT2D eigenvalue weighted by molar-refractivity contribution is 5.88. The van der Waals surface area contributed by atoms with E-state index in [0.29, 0.717) is 0 Å². The summed E-state index contributed by atoms with van der Waals surface area (Å²) in [6, 6.07) is 8.31. The van der Waals surface area contributed by atoms with E-state index in [1.165, 1.54) is 7.11 Å². The highest BCUT2D eigenvalue weighted by Crippen LogP contribution is 2.06. The number of carbonyl (C=O) groups is 3. The highest BCUT2D eigenvalue weighted by atomic mass is 16.6. The predicted octanol–water partition coefficient (Wildman–Crippen LogP) is 1.10. The van der Waals surface area contributed by atoms with Crippen molar-refractivity contribution in [3.8, 4) is 0 Å². The molecule has 26 heavy (non-hydrogen) atoms. The van der Waals surface area contributed by atoms with Crippen LogP contribution < -0.4 is 10.8 Å². The third-order valence-corrected chi connectivity index (χ3v) is 3.05. The Hall–Kier alpha value is -2.45. The molecule has 144 valence electrons. The van der Waals surface area contributed by atoms with E-state index in [0.717, 1.165) is 5.56 Å². The van der Waals surface area contributed by atoms with Crippen LogP contribution in [0.15, 0.2) is 30.3 Å². The van der Waals surface area contributed by atoms with Crippen molar-refractivity contribution in [3.63, 3.8) is 0 Å². The van der Waals surface area contributed by atoms with Gasteiger partial charge in [-0.2, -0.15) is 5.48 Å². The van der Waals surface area contributed by atoms with Crippen LogP contribution in [0.5, 0.6) is 0 Å². The number of hydroxylamine groups is 1. The first-order valence-corrected chi connectivity index (χ1v) is 8.19. The molecular formula is C18H26N2O6. The maximum Gasteiger partial charge on any atom is 0.325 e. The van der Waals surface area contributed by atoms with E-state index < -0.39 is 29.5 Å². The van der Waals surface area contributed by atoms with Crippen LogP contribution in [0.4, 0.5) is 0 Å². The molecule has 0 aliphatic rings. The van der Waals surface area contributed by atoms with Crippen molar-refractivity contribution in [2.75, 3.05) is 13.7 Å². The van der Waals surface area contributed by atoms with Crippen LogP contribution in [0.2, 0.25) is 0 Å². The first kappa shape index (κ1) is 21.6. The minimum atomic E-state index is -1.01. The summed E-state index contributed by atoms with van der Waals surface area (Å²) < 4.78 is 9.69. The Kier molecular flexibility index (Phi) is 8.74. The summed E-state index contributed by atoms with van der Waals surface area (Å²) in [7, 11) is 1.23. The average molecular weight is 366 g/mol. The van der Waals surface area contributed by atoms with Crippen molar-refractivity contribution >= 4 is 17.8 Å². The lowest BCUT2D eigenvalue weighted by Crippen LogP contribution is -2.47. The zero-order valence-electron chi connectivity index (χ0n) is 15.5. The number of hydrogen-bond donors (Lipinski definition) is 2. The molecule has 1 rings (SSSR count). The molecule has 8 heteroatoms. The second-order valence-electron chi connectivity index (χ2n) is 6.53. The standard InChI is InChI=1S/C18H26N2O6/c1-18(2,3)26-16(22)11-19-17(23)14(10-15(21)24-4)20-25-12-13-8-6-5-7-9-13/h5-9,14,20H,10-12H2,1-4H3,(H,19,23)/t14-/m0/s1. The van der Waals surface area contributed by atoms with Crippen LogP contribution in [0, 0.1) is 0 Å². The minimum Gasteiger partial charge on any atom is -0.469 e. The Morgan fingerprint density at radius 3 is 2.31 bits per heavy atom. The maximum absolute atomic E-state index is 12.2. The van der Waals surface area contributed by atoms with Crippen molar-refractivity contribution in [3.05, 3.63) is 35.9 Å². The second-order valence-corrected chi connectivity index (χ2v) is 6.53. The molecule has 2 N–H and O–H groups in total. The van der Waals surface area contributed by atoms with E-state index >= 15 is 0 Å². The fourth-order valence-electron chi connectivity index (χ4n) is 1.90. The van der Waals surface area contributed by atoms with Gasteiger partial charge in [0.25, 0.3) is 0 Å². The Labute approximate surface area is 153 Å². The topological polar surface area (TPSA) is 103 Å². The zero-order valence-corrected chi connectivity index (χ0v) is 15.5. The number of amides is 1. The lowest BCUT2D eigenvalue weighted by atomic mass is 10.2. The van der Waals surface area contributed by atoms with Gasteiger partial charge < -0.3 is 14.8 Å². The molecule has 1 amide bonds. The molecule has 0 spiro atoms. The summed E-state index contributed by atoms with van der Waals surface area (Å²) in [6.07, 6.45) is -0.245. The molecule has 1 aromatic carbocycles. The molecule has 0 aromatic heterocycles. The molecule has 0 saturated carbocycles. The molecule has 0 unspecified atom stereocenters. The third-order valence-electron chi connectivity index (χ3n) is 3.05. The van der Waals surface area contributed by atoms with E-state index in [1.54, 1.807) is 20.8 Å². The van der Waals surface area contributed by atoms with Crippen LogP contribution in [0.25, 0.3) is 0 Å². The molecule has 8 nitrogen and oxygen atoms in total. The number of esters is 2. The van der Waals surface area contributed by atoms with E-state index in [-0.39, 0.29) is 19.6 Å². The average Bonchev–Trinajstić information content (AvgIpc) is 2.58. The van der Waals surface area contributed by atoms with Gasteiger partial charge in [0.05, 0.1) is 20.1 Å². The zero-order chi connectivity index (χ0) is 19.6. The Morgan fingerprint density at radius 1 is 1.08 bits per heavy atom. The lowest BCUT2D eigenvalue weighted by molar-refractivity contribution is -0.155. The molecule has 1 aromatic rings. The lowest BCUT2D eigenvalue weighted by Gasteiger charge is -2.20. The number of methoxy groups -OCH3 is 1. The highest BCUT2D eigenvalue weighted by Gasteiger charge is 2.24. The van der Waals surface area contributed by atoms with Gasteiger partial charge in [0.1, 0.15) is 18.2 Å². The van der Waals surface area contributed by atoms with Gasteiger partial charge >= 0.3 is 11.9 Å². The number of nitrogens with one attached hydrogen (secondary N) is 2. The molecule has 0 aliphatic heterocycles. The van der Waals surface area contributed by atoms with Gasteiger partial charge in [-0.05, 0) is 26.3 Å². The summed E-state index contributed by atoms with van der Waals surface area (Å²) in [5, 5.41) is 2.42. The fraction of sp³-hybridized carbons (Fsp3) is 0.500. The Morgan fingerprint density at radius 2 is 1.73 bits per heavy atom. The Balaban J connectivity index is 2.53. The Bertz CT molecular complexity index is 597. The summed E-state index contributed by atoms with van der Waals surface area (Å²) in [6.45, 7) is 5.08. The fourth-order valence-corrected chi connectivity index (χ4v) is 1.90. The quantitative estimate of drug-likeness (QED) is 0.498. The van der Waals surface area contributed by atoms with Crippen LogP contribution in [0.3, 0.4) is 0 Å². The molecule has 0 radical (unpaired) electrons. The largest absolute Gasteiger partial charge is 0.469 e. The van der Waals surface area contributed by atoms with Crippen molar-refractivity contribution in [1.29, 1.82) is 0 Å². The van der Waals surface area contributed by atoms with Crippen LogP contribution in [-0.4, -0.2) is 43.1 Å². The number of benzene rings is 1. The number of carbonyl (C=O) groups excluding carboxylic acids is 3. The maximum atomic E-state index is 12.2. The predicted molar refractivity (Wildman–Crippen MR) is 93.6 cm³/mol. The van der Waals surface area contributed by atoms with E-state index in [4.69, 9.17) is 9.57 Å². The first-order chi connectivity index (χ1) is 12.2. The van der Waals surface area contributed by atoms with Gasteiger partial charge in [0.15, 0.2) is 0 Å². The van der Waals surface area contributed by atoms with Crippen molar-refractivity contribution in [1.82, 2.24) is 10.8 Å². The monoisotopic (exact) mass is 366 g/mol. The van der Waals surface area contributed by atoms with Gasteiger partial charge in [-0.1, -0.05) is 30.3 Å². The third kappa shape index (κ3) is 9.14. The van der Waals surface area contributed by atoms with Gasteiger partial charge in [-0.25, -0.2) is 0 Å². The molecule has 0 aliphatic carbocycles. The minimum absolute atomic E-state index is 0.206. The van der Waals surface area contributed by atoms with Gasteiger partial charge in [-0.15, -0.1) is 0 Å². The van der Waals surface area contributed by atoms with E-state index in [1.807, 2.05) is 30.3 Å². The van der Waals surface area contributed by atoms with Gasteiger partial charge in [-0.3, -0.25) is 19.2 Å². The van der Waals surface area contributed by atoms with Crippen molar-refractivity contribution in [2.45, 2.75) is 45.4 Å². The van der Waals surface area contributed by atoms with Crippen molar-refractivity contribution in [2.24, 2.45) is 0 Å². The normalized spacial score (nSPS) is 12.2. The summed E-state index contributed by atoms with van der Waals surface area (Å²) in [5.74, 6) is -1.74. The SMILES string of the molecule is COC(=O)C[C@H](NOCc1ccccc1)C(=O)NCC(=O)OC(C)(C)C. The van der Waals surface area contributed by atoms with E-state index in [2.05, 4.69) is 15.5 Å². The van der Waals surface area contributed by atoms with Gasteiger partial charge in [0.2, 0.25) is 5.91 Å². The number of rotatable bonds is 9. The molecule has 0 saturated heterocycles. The molecule has 0 bridgehead atoms.